The van der Waals surface area contributed by atoms with Crippen molar-refractivity contribution in [3.8, 4) is 5.75 Å². The van der Waals surface area contributed by atoms with Crippen LogP contribution < -0.4 is 10.1 Å². The molecule has 1 amide bonds. The Morgan fingerprint density at radius 3 is 2.27 bits per heavy atom. The number of benzene rings is 3. The molecule has 4 saturated carbocycles. The van der Waals surface area contributed by atoms with E-state index in [9.17, 15) is 33.0 Å². The molecule has 6 nitrogen and oxygen atoms in total. The molecule has 4 bridgehead atoms. The summed E-state index contributed by atoms with van der Waals surface area (Å²) in [5, 5.41) is 25.6. The number of carbonyl (C=O) groups excluding carboxylic acids is 1. The Hall–Kier alpha value is -3.59. The van der Waals surface area contributed by atoms with Crippen LogP contribution in [0.4, 0.5) is 13.2 Å². The van der Waals surface area contributed by atoms with Crippen molar-refractivity contribution < 1.29 is 37.7 Å². The molecule has 210 valence electrons. The predicted molar refractivity (Wildman–Crippen MR) is 141 cm³/mol. The first-order chi connectivity index (χ1) is 18.9. The van der Waals surface area contributed by atoms with Crippen LogP contribution in [0, 0.1) is 17.3 Å². The average molecular weight is 554 g/mol. The highest BCUT2D eigenvalue weighted by Gasteiger charge is 2.61. The maximum atomic E-state index is 13.7. The van der Waals surface area contributed by atoms with Crippen LogP contribution >= 0.6 is 0 Å². The highest BCUT2D eigenvalue weighted by atomic mass is 19.4. The maximum Gasteiger partial charge on any atom is 0.416 e. The molecule has 3 aromatic carbocycles. The SMILES string of the molecule is O=C(NC(C(=O)O)C12C[C@@H]3C[C@@H](CC(O)(C3)C1)C2)c1ccc2ccccc2c1OCc1ccc(C(F)(F)F)cc1. The van der Waals surface area contributed by atoms with Crippen LogP contribution in [-0.4, -0.2) is 33.7 Å². The lowest BCUT2D eigenvalue weighted by Crippen LogP contribution is -2.64. The number of amides is 1. The summed E-state index contributed by atoms with van der Waals surface area (Å²) in [5.74, 6) is -1.03. The fourth-order valence-corrected chi connectivity index (χ4v) is 7.83. The van der Waals surface area contributed by atoms with Crippen LogP contribution in [0.1, 0.15) is 60.0 Å². The minimum Gasteiger partial charge on any atom is -0.487 e. The number of carboxylic acids is 1. The monoisotopic (exact) mass is 553 g/mol. The van der Waals surface area contributed by atoms with Gasteiger partial charge in [-0.1, -0.05) is 42.5 Å². The van der Waals surface area contributed by atoms with Gasteiger partial charge in [-0.25, -0.2) is 4.79 Å². The van der Waals surface area contributed by atoms with Crippen LogP contribution in [0.2, 0.25) is 0 Å². The number of rotatable bonds is 7. The molecule has 0 radical (unpaired) electrons. The van der Waals surface area contributed by atoms with Gasteiger partial charge in [-0.3, -0.25) is 4.79 Å². The highest BCUT2D eigenvalue weighted by Crippen LogP contribution is 2.62. The molecule has 7 rings (SSSR count). The van der Waals surface area contributed by atoms with Crippen molar-refractivity contribution in [3.63, 3.8) is 0 Å². The summed E-state index contributed by atoms with van der Waals surface area (Å²) in [5.41, 5.74) is -1.76. The summed E-state index contributed by atoms with van der Waals surface area (Å²) >= 11 is 0. The number of fused-ring (bicyclic) bond motifs is 1. The van der Waals surface area contributed by atoms with E-state index in [0.29, 0.717) is 43.1 Å². The Morgan fingerprint density at radius 2 is 1.65 bits per heavy atom. The molecule has 4 aliphatic rings. The Bertz CT molecular complexity index is 1450. The largest absolute Gasteiger partial charge is 0.487 e. The number of hydrogen-bond donors (Lipinski definition) is 3. The Morgan fingerprint density at radius 1 is 0.975 bits per heavy atom. The standard InChI is InChI=1S/C31H30F3NO5/c32-31(33,34)22-8-5-18(6-9-22)16-40-25-23-4-2-1-3-21(23)7-10-24(25)27(36)35-26(28(37)38)29-12-19-11-20(13-29)15-30(39,14-19)17-29/h1-10,19-20,26,39H,11-17H2,(H,35,36)(H,37,38)/t19-,20+,26?,29?,30?. The number of nitrogens with one attached hydrogen (secondary N) is 1. The molecule has 9 heteroatoms. The Kier molecular flexibility index (Phi) is 6.33. The average Bonchev–Trinajstić information content (AvgIpc) is 2.88. The first-order valence-electron chi connectivity index (χ1n) is 13.5. The van der Waals surface area contributed by atoms with E-state index >= 15 is 0 Å². The van der Waals surface area contributed by atoms with Crippen molar-refractivity contribution >= 4 is 22.6 Å². The van der Waals surface area contributed by atoms with Crippen molar-refractivity contribution in [2.24, 2.45) is 17.3 Å². The van der Waals surface area contributed by atoms with Crippen LogP contribution in [-0.2, 0) is 17.6 Å². The third-order valence-electron chi connectivity index (χ3n) is 9.00. The van der Waals surface area contributed by atoms with E-state index in [1.807, 2.05) is 12.1 Å². The molecule has 0 heterocycles. The topological polar surface area (TPSA) is 95.9 Å². The van der Waals surface area contributed by atoms with E-state index in [-0.39, 0.29) is 29.8 Å². The second-order valence-electron chi connectivity index (χ2n) is 11.9. The third-order valence-corrected chi connectivity index (χ3v) is 9.00. The number of halogens is 3. The number of carboxylic acid groups (broad SMARTS) is 1. The number of aliphatic hydroxyl groups is 1. The molecular weight excluding hydrogens is 523 g/mol. The van der Waals surface area contributed by atoms with Gasteiger partial charge in [-0.15, -0.1) is 0 Å². The zero-order valence-electron chi connectivity index (χ0n) is 21.7. The summed E-state index contributed by atoms with van der Waals surface area (Å²) in [6.07, 6.45) is -0.462. The molecule has 0 saturated heterocycles. The lowest BCUT2D eigenvalue weighted by Gasteiger charge is -2.61. The van der Waals surface area contributed by atoms with Crippen LogP contribution in [0.3, 0.4) is 0 Å². The molecule has 3 unspecified atom stereocenters. The van der Waals surface area contributed by atoms with E-state index in [2.05, 4.69) is 5.32 Å². The van der Waals surface area contributed by atoms with Crippen molar-refractivity contribution in [2.75, 3.05) is 0 Å². The predicted octanol–water partition coefficient (Wildman–Crippen LogP) is 5.95. The van der Waals surface area contributed by atoms with Gasteiger partial charge < -0.3 is 20.3 Å². The first kappa shape index (κ1) is 26.6. The molecule has 3 N–H and O–H groups in total. The fourth-order valence-electron chi connectivity index (χ4n) is 7.83. The van der Waals surface area contributed by atoms with Crippen LogP contribution in [0.5, 0.6) is 5.75 Å². The quantitative estimate of drug-likeness (QED) is 0.336. The molecule has 3 aromatic rings. The second-order valence-corrected chi connectivity index (χ2v) is 11.9. The van der Waals surface area contributed by atoms with Crippen molar-refractivity contribution in [2.45, 2.75) is 63.0 Å². The molecule has 0 aromatic heterocycles. The summed E-state index contributed by atoms with van der Waals surface area (Å²) in [6.45, 7) is -0.0882. The number of hydrogen-bond acceptors (Lipinski definition) is 4. The summed E-state index contributed by atoms with van der Waals surface area (Å²) in [6, 6.07) is 14.0. The van der Waals surface area contributed by atoms with Crippen molar-refractivity contribution in [1.29, 1.82) is 0 Å². The van der Waals surface area contributed by atoms with Gasteiger partial charge >= 0.3 is 12.1 Å². The van der Waals surface area contributed by atoms with Gasteiger partial charge in [0, 0.05) is 10.8 Å². The molecule has 0 aliphatic heterocycles. The smallest absolute Gasteiger partial charge is 0.416 e. The second kappa shape index (κ2) is 9.51. The number of carbonyl (C=O) groups is 2. The molecular formula is C31H30F3NO5. The number of aliphatic carboxylic acids is 1. The van der Waals surface area contributed by atoms with E-state index in [1.54, 1.807) is 24.3 Å². The molecule has 4 aliphatic carbocycles. The fraction of sp³-hybridized carbons (Fsp3) is 0.419. The van der Waals surface area contributed by atoms with E-state index in [0.717, 1.165) is 23.9 Å². The minimum absolute atomic E-state index is 0.0882. The summed E-state index contributed by atoms with van der Waals surface area (Å²) < 4.78 is 45.0. The molecule has 5 atom stereocenters. The number of alkyl halides is 3. The molecule has 4 fully saturated rings. The zero-order valence-corrected chi connectivity index (χ0v) is 21.7. The normalized spacial score (nSPS) is 27.9. The molecule has 40 heavy (non-hydrogen) atoms. The van der Waals surface area contributed by atoms with Crippen LogP contribution in [0.25, 0.3) is 10.8 Å². The minimum atomic E-state index is -4.45. The summed E-state index contributed by atoms with van der Waals surface area (Å²) in [7, 11) is 0. The zero-order chi connectivity index (χ0) is 28.3. The van der Waals surface area contributed by atoms with Gasteiger partial charge in [0.15, 0.2) is 0 Å². The highest BCUT2D eigenvalue weighted by molar-refractivity contribution is 6.05. The van der Waals surface area contributed by atoms with Crippen LogP contribution in [0.15, 0.2) is 60.7 Å². The first-order valence-corrected chi connectivity index (χ1v) is 13.5. The van der Waals surface area contributed by atoms with Gasteiger partial charge in [-0.05, 0) is 79.5 Å². The number of ether oxygens (including phenoxy) is 1. The lowest BCUT2D eigenvalue weighted by molar-refractivity contribution is -0.181. The van der Waals surface area contributed by atoms with Gasteiger partial charge in [0.1, 0.15) is 18.4 Å². The van der Waals surface area contributed by atoms with Gasteiger partial charge in [-0.2, -0.15) is 13.2 Å². The van der Waals surface area contributed by atoms with E-state index < -0.39 is 40.7 Å². The van der Waals surface area contributed by atoms with E-state index in [4.69, 9.17) is 4.74 Å². The summed E-state index contributed by atoms with van der Waals surface area (Å²) in [4.78, 5) is 26.3. The van der Waals surface area contributed by atoms with Crippen molar-refractivity contribution in [3.05, 3.63) is 77.4 Å². The van der Waals surface area contributed by atoms with Crippen molar-refractivity contribution in [1.82, 2.24) is 5.32 Å². The third kappa shape index (κ3) is 4.80. The van der Waals surface area contributed by atoms with Gasteiger partial charge in [0.25, 0.3) is 5.91 Å². The molecule has 0 spiro atoms. The maximum absolute atomic E-state index is 13.7. The van der Waals surface area contributed by atoms with Gasteiger partial charge in [0.05, 0.1) is 16.7 Å². The Balaban J connectivity index is 1.29. The van der Waals surface area contributed by atoms with E-state index in [1.165, 1.54) is 12.1 Å². The Labute approximate surface area is 229 Å². The van der Waals surface area contributed by atoms with Gasteiger partial charge in [0.2, 0.25) is 0 Å². The lowest BCUT2D eigenvalue weighted by atomic mass is 9.46.